The smallest absolute Gasteiger partial charge is 0.273 e. The summed E-state index contributed by atoms with van der Waals surface area (Å²) in [6.07, 6.45) is 5.96. The van der Waals surface area contributed by atoms with Gasteiger partial charge in [0.05, 0.1) is 11.8 Å². The summed E-state index contributed by atoms with van der Waals surface area (Å²) in [5.74, 6) is 0.987. The fourth-order valence-electron chi connectivity index (χ4n) is 3.75. The molecule has 27 heavy (non-hydrogen) atoms. The third-order valence-electron chi connectivity index (χ3n) is 5.46. The van der Waals surface area contributed by atoms with E-state index in [4.69, 9.17) is 4.42 Å². The second-order valence-electron chi connectivity index (χ2n) is 7.23. The molecule has 2 aromatic heterocycles. The Morgan fingerprint density at radius 1 is 1.33 bits per heavy atom. The zero-order valence-electron chi connectivity index (χ0n) is 16.1. The topological polar surface area (TPSA) is 73.6 Å². The molecule has 0 atom stereocenters. The molecule has 0 saturated heterocycles. The normalized spacial score (nSPS) is 18.4. The maximum Gasteiger partial charge on any atom is 0.273 e. The minimum absolute atomic E-state index is 0.194. The van der Waals surface area contributed by atoms with Crippen LogP contribution in [0.3, 0.4) is 0 Å². The first-order valence-electron chi connectivity index (χ1n) is 9.70. The Morgan fingerprint density at radius 2 is 2.11 bits per heavy atom. The second-order valence-corrected chi connectivity index (χ2v) is 7.23. The van der Waals surface area contributed by atoms with Crippen molar-refractivity contribution >= 4 is 17.7 Å². The molecule has 0 aromatic carbocycles. The molecule has 1 amide bonds. The summed E-state index contributed by atoms with van der Waals surface area (Å²) in [5.41, 5.74) is 8.63. The number of aromatic amines is 1. The first-order chi connectivity index (χ1) is 13.1. The van der Waals surface area contributed by atoms with Crippen LogP contribution in [0.15, 0.2) is 33.5 Å². The molecule has 0 spiro atoms. The van der Waals surface area contributed by atoms with Crippen LogP contribution in [0, 0.1) is 6.92 Å². The predicted octanol–water partition coefficient (Wildman–Crippen LogP) is 3.55. The molecule has 0 unspecified atom stereocenters. The third kappa shape index (κ3) is 3.37. The van der Waals surface area contributed by atoms with Crippen molar-refractivity contribution in [2.24, 2.45) is 5.10 Å². The lowest BCUT2D eigenvalue weighted by atomic mass is 10.0. The van der Waals surface area contributed by atoms with Gasteiger partial charge in [-0.3, -0.25) is 9.69 Å². The van der Waals surface area contributed by atoms with Gasteiger partial charge >= 0.3 is 0 Å². The van der Waals surface area contributed by atoms with Crippen molar-refractivity contribution in [1.82, 2.24) is 15.3 Å². The fourth-order valence-corrected chi connectivity index (χ4v) is 3.75. The maximum absolute atomic E-state index is 12.4. The van der Waals surface area contributed by atoms with Crippen molar-refractivity contribution < 1.29 is 9.21 Å². The lowest BCUT2D eigenvalue weighted by Crippen LogP contribution is -2.22. The molecule has 2 aliphatic rings. The highest BCUT2D eigenvalue weighted by Gasteiger charge is 2.32. The van der Waals surface area contributed by atoms with E-state index in [9.17, 15) is 4.79 Å². The van der Waals surface area contributed by atoms with E-state index >= 15 is 0 Å². The van der Waals surface area contributed by atoms with Crippen molar-refractivity contribution in [3.63, 3.8) is 0 Å². The van der Waals surface area contributed by atoms with Crippen LogP contribution in [0.5, 0.6) is 0 Å². The van der Waals surface area contributed by atoms with E-state index in [-0.39, 0.29) is 5.91 Å². The van der Waals surface area contributed by atoms with Gasteiger partial charge in [-0.25, -0.2) is 5.43 Å². The minimum Gasteiger partial charge on any atom is -0.463 e. The number of aromatic nitrogens is 1. The minimum atomic E-state index is -0.194. The number of amides is 1. The van der Waals surface area contributed by atoms with E-state index in [0.717, 1.165) is 25.3 Å². The summed E-state index contributed by atoms with van der Waals surface area (Å²) in [4.78, 5) is 18.3. The van der Waals surface area contributed by atoms with Gasteiger partial charge in [-0.1, -0.05) is 13.8 Å². The summed E-state index contributed by atoms with van der Waals surface area (Å²) >= 11 is 0. The Hall–Kier alpha value is -2.60. The number of aryl methyl sites for hydroxylation is 1. The largest absolute Gasteiger partial charge is 0.463 e. The Bertz CT molecular complexity index is 897. The van der Waals surface area contributed by atoms with Crippen LogP contribution in [0.2, 0.25) is 0 Å². The number of hydrogen-bond donors (Lipinski definition) is 2. The van der Waals surface area contributed by atoms with E-state index < -0.39 is 0 Å². The van der Waals surface area contributed by atoms with E-state index in [1.165, 1.54) is 29.7 Å². The van der Waals surface area contributed by atoms with E-state index in [0.29, 0.717) is 23.0 Å². The van der Waals surface area contributed by atoms with Gasteiger partial charge in [0.15, 0.2) is 5.76 Å². The molecule has 0 radical (unpaired) electrons. The Kier molecular flexibility index (Phi) is 4.74. The number of carbonyl (C=O) groups excluding carboxylic acids is 1. The molecule has 3 heterocycles. The van der Waals surface area contributed by atoms with Crippen LogP contribution < -0.4 is 5.43 Å². The van der Waals surface area contributed by atoms with Crippen molar-refractivity contribution in [3.8, 4) is 0 Å². The lowest BCUT2D eigenvalue weighted by Gasteiger charge is -2.19. The lowest BCUT2D eigenvalue weighted by molar-refractivity contribution is -0.116. The zero-order chi connectivity index (χ0) is 19.0. The Labute approximate surface area is 159 Å². The van der Waals surface area contributed by atoms with E-state index in [1.807, 2.05) is 12.1 Å². The van der Waals surface area contributed by atoms with Crippen LogP contribution >= 0.6 is 0 Å². The monoisotopic (exact) mass is 366 g/mol. The maximum atomic E-state index is 12.4. The molecular formula is C21H26N4O2. The molecule has 4 rings (SSSR count). The zero-order valence-corrected chi connectivity index (χ0v) is 16.1. The van der Waals surface area contributed by atoms with Crippen molar-refractivity contribution in [1.29, 1.82) is 0 Å². The summed E-state index contributed by atoms with van der Waals surface area (Å²) in [7, 11) is 0. The number of rotatable bonds is 7. The molecule has 2 N–H and O–H groups in total. The highest BCUT2D eigenvalue weighted by molar-refractivity contribution is 6.32. The number of furan rings is 1. The van der Waals surface area contributed by atoms with Crippen molar-refractivity contribution in [3.05, 3.63) is 52.2 Å². The predicted molar refractivity (Wildman–Crippen MR) is 105 cm³/mol. The summed E-state index contributed by atoms with van der Waals surface area (Å²) in [6.45, 7) is 9.51. The molecule has 142 valence electrons. The van der Waals surface area contributed by atoms with Gasteiger partial charge in [0.1, 0.15) is 5.71 Å². The summed E-state index contributed by atoms with van der Waals surface area (Å²) in [5, 5.41) is 4.16. The molecule has 1 saturated carbocycles. The molecule has 0 bridgehead atoms. The van der Waals surface area contributed by atoms with Gasteiger partial charge in [-0.2, -0.15) is 5.10 Å². The van der Waals surface area contributed by atoms with Crippen molar-refractivity contribution in [2.45, 2.75) is 46.1 Å². The van der Waals surface area contributed by atoms with Crippen molar-refractivity contribution in [2.75, 3.05) is 13.1 Å². The van der Waals surface area contributed by atoms with Crippen LogP contribution in [-0.4, -0.2) is 34.6 Å². The van der Waals surface area contributed by atoms with Crippen LogP contribution in [0.4, 0.5) is 0 Å². The molecule has 1 aliphatic carbocycles. The average molecular weight is 366 g/mol. The van der Waals surface area contributed by atoms with Crippen LogP contribution in [0.25, 0.3) is 6.08 Å². The van der Waals surface area contributed by atoms with E-state index in [2.05, 4.69) is 41.2 Å². The fraction of sp³-hybridized carbons (Fsp3) is 0.429. The summed E-state index contributed by atoms with van der Waals surface area (Å²) in [6, 6.07) is 3.62. The Balaban J connectivity index is 1.74. The Morgan fingerprint density at radius 3 is 2.74 bits per heavy atom. The van der Waals surface area contributed by atoms with Crippen LogP contribution in [-0.2, 0) is 11.3 Å². The second kappa shape index (κ2) is 7.19. The van der Waals surface area contributed by atoms with Crippen LogP contribution in [0.1, 0.15) is 60.9 Å². The number of nitrogens with one attached hydrogen (secondary N) is 2. The van der Waals surface area contributed by atoms with Gasteiger partial charge in [-0.15, -0.1) is 0 Å². The molecule has 6 nitrogen and oxygen atoms in total. The van der Waals surface area contributed by atoms with Gasteiger partial charge in [0.25, 0.3) is 5.91 Å². The number of hydrogen-bond acceptors (Lipinski definition) is 4. The molecule has 6 heteroatoms. The quantitative estimate of drug-likeness (QED) is 0.736. The van der Waals surface area contributed by atoms with Gasteiger partial charge in [0.2, 0.25) is 0 Å². The van der Waals surface area contributed by atoms with Gasteiger partial charge in [0, 0.05) is 17.9 Å². The van der Waals surface area contributed by atoms with Gasteiger partial charge in [-0.05, 0) is 68.1 Å². The average Bonchev–Trinajstić information content (AvgIpc) is 3.08. The molecule has 1 fully saturated rings. The SMILES string of the molecule is CCN(CC)Cc1c(C)[nH]c(C=C2C(=O)NN=C2c2ccco2)c1C1CC1. The number of nitrogens with zero attached hydrogens (tertiary/aromatic N) is 2. The third-order valence-corrected chi connectivity index (χ3v) is 5.46. The van der Waals surface area contributed by atoms with Gasteiger partial charge < -0.3 is 9.40 Å². The first kappa shape index (κ1) is 17.8. The standard InChI is InChI=1S/C21H26N4O2/c1-4-25(5-2)12-16-13(3)22-17(19(16)14-8-9-14)11-15-20(23-24-21(15)26)18-7-6-10-27-18/h6-7,10-11,14,22H,4-5,8-9,12H2,1-3H3,(H,24,26). The first-order valence-corrected chi connectivity index (χ1v) is 9.70. The molecular weight excluding hydrogens is 340 g/mol. The highest BCUT2D eigenvalue weighted by Crippen LogP contribution is 2.45. The highest BCUT2D eigenvalue weighted by atomic mass is 16.3. The number of H-pyrrole nitrogens is 1. The molecule has 2 aromatic rings. The molecule has 1 aliphatic heterocycles. The number of hydrazone groups is 1. The summed E-state index contributed by atoms with van der Waals surface area (Å²) < 4.78 is 5.45. The van der Waals surface area contributed by atoms with E-state index in [1.54, 1.807) is 12.3 Å². The number of carbonyl (C=O) groups is 1.